The molecule has 0 aliphatic heterocycles. The van der Waals surface area contributed by atoms with Gasteiger partial charge in [0.25, 0.3) is 0 Å². The molecule has 2 aromatic heterocycles. The van der Waals surface area contributed by atoms with Crippen molar-refractivity contribution in [1.29, 1.82) is 0 Å². The number of phenols is 1. The lowest BCUT2D eigenvalue weighted by molar-refractivity contribution is 0.463. The molecule has 0 atom stereocenters. The van der Waals surface area contributed by atoms with Crippen LogP contribution in [0.3, 0.4) is 0 Å². The highest BCUT2D eigenvalue weighted by Gasteiger charge is 2.12. The molecule has 0 radical (unpaired) electrons. The van der Waals surface area contributed by atoms with Crippen molar-refractivity contribution in [2.75, 3.05) is 5.32 Å². The maximum absolute atomic E-state index is 13.1. The highest BCUT2D eigenvalue weighted by molar-refractivity contribution is 7.21. The van der Waals surface area contributed by atoms with Crippen LogP contribution in [-0.2, 0) is 6.54 Å². The number of fused-ring (bicyclic) bond motifs is 1. The normalized spacial score (nSPS) is 10.9. The average molecular weight is 351 g/mol. The molecule has 2 aromatic carbocycles. The van der Waals surface area contributed by atoms with Gasteiger partial charge in [-0.1, -0.05) is 18.2 Å². The summed E-state index contributed by atoms with van der Waals surface area (Å²) in [5.74, 6) is 0.129. The lowest BCUT2D eigenvalue weighted by Gasteiger charge is -2.10. The third kappa shape index (κ3) is 3.16. The van der Waals surface area contributed by atoms with Gasteiger partial charge in [0.1, 0.15) is 22.4 Å². The van der Waals surface area contributed by atoms with E-state index in [1.807, 2.05) is 36.4 Å². The number of aromatic nitrogens is 2. The average Bonchev–Trinajstić information content (AvgIpc) is 3.05. The summed E-state index contributed by atoms with van der Waals surface area (Å²) in [5.41, 5.74) is 2.45. The van der Waals surface area contributed by atoms with E-state index in [-0.39, 0.29) is 5.75 Å². The SMILES string of the molecule is Oc1cc(F)ccc1CNc1ncccc1-c1nc2ccccc2s1. The molecule has 0 bridgehead atoms. The fraction of sp³-hybridized carbons (Fsp3) is 0.0526. The number of anilines is 1. The van der Waals surface area contributed by atoms with E-state index in [2.05, 4.69) is 15.3 Å². The topological polar surface area (TPSA) is 58.0 Å². The van der Waals surface area contributed by atoms with Crippen LogP contribution >= 0.6 is 11.3 Å². The second-order valence-corrected chi connectivity index (χ2v) is 6.54. The highest BCUT2D eigenvalue weighted by atomic mass is 32.1. The number of thiazole rings is 1. The first kappa shape index (κ1) is 15.5. The molecule has 25 heavy (non-hydrogen) atoms. The van der Waals surface area contributed by atoms with Crippen LogP contribution < -0.4 is 5.32 Å². The van der Waals surface area contributed by atoms with E-state index in [9.17, 15) is 9.50 Å². The number of aromatic hydroxyl groups is 1. The van der Waals surface area contributed by atoms with E-state index in [0.717, 1.165) is 26.9 Å². The van der Waals surface area contributed by atoms with Crippen molar-refractivity contribution >= 4 is 27.4 Å². The van der Waals surface area contributed by atoms with E-state index >= 15 is 0 Å². The van der Waals surface area contributed by atoms with Gasteiger partial charge in [-0.25, -0.2) is 14.4 Å². The maximum atomic E-state index is 13.1. The maximum Gasteiger partial charge on any atom is 0.136 e. The number of benzene rings is 2. The lowest BCUT2D eigenvalue weighted by atomic mass is 10.2. The van der Waals surface area contributed by atoms with Crippen LogP contribution in [0.4, 0.5) is 10.2 Å². The predicted molar refractivity (Wildman–Crippen MR) is 98.2 cm³/mol. The van der Waals surface area contributed by atoms with Crippen LogP contribution in [0.15, 0.2) is 60.8 Å². The van der Waals surface area contributed by atoms with Gasteiger partial charge >= 0.3 is 0 Å². The Morgan fingerprint density at radius 2 is 1.96 bits per heavy atom. The third-order valence-electron chi connectivity index (χ3n) is 3.83. The minimum absolute atomic E-state index is 0.0787. The van der Waals surface area contributed by atoms with Gasteiger partial charge in [0.2, 0.25) is 0 Å². The fourth-order valence-electron chi connectivity index (χ4n) is 2.57. The molecular formula is C19H14FN3OS. The molecule has 4 nitrogen and oxygen atoms in total. The molecule has 6 heteroatoms. The second-order valence-electron chi connectivity index (χ2n) is 5.51. The number of hydrogen-bond donors (Lipinski definition) is 2. The first-order chi connectivity index (χ1) is 12.2. The summed E-state index contributed by atoms with van der Waals surface area (Å²) in [6, 6.07) is 15.8. The van der Waals surface area contributed by atoms with E-state index in [1.165, 1.54) is 6.07 Å². The zero-order valence-corrected chi connectivity index (χ0v) is 13.9. The molecule has 2 heterocycles. The molecule has 0 unspecified atom stereocenters. The Morgan fingerprint density at radius 3 is 2.80 bits per heavy atom. The zero-order chi connectivity index (χ0) is 17.2. The lowest BCUT2D eigenvalue weighted by Crippen LogP contribution is -2.03. The van der Waals surface area contributed by atoms with Crippen LogP contribution in [0.25, 0.3) is 20.8 Å². The number of phenolic OH excluding ortho intramolecular Hbond substituents is 1. The summed E-state index contributed by atoms with van der Waals surface area (Å²) in [5, 5.41) is 13.9. The van der Waals surface area contributed by atoms with Gasteiger partial charge in [0, 0.05) is 24.4 Å². The first-order valence-electron chi connectivity index (χ1n) is 7.73. The number of nitrogens with one attached hydrogen (secondary N) is 1. The Bertz CT molecular complexity index is 1010. The zero-order valence-electron chi connectivity index (χ0n) is 13.1. The number of hydrogen-bond acceptors (Lipinski definition) is 5. The van der Waals surface area contributed by atoms with Gasteiger partial charge in [-0.3, -0.25) is 0 Å². The minimum Gasteiger partial charge on any atom is -0.507 e. The Morgan fingerprint density at radius 1 is 1.08 bits per heavy atom. The molecule has 4 aromatic rings. The van der Waals surface area contributed by atoms with Crippen molar-refractivity contribution in [3.63, 3.8) is 0 Å². The van der Waals surface area contributed by atoms with Gasteiger partial charge in [-0.15, -0.1) is 11.3 Å². The summed E-state index contributed by atoms with van der Waals surface area (Å²) in [4.78, 5) is 9.05. The Hall–Kier alpha value is -2.99. The molecule has 0 saturated carbocycles. The highest BCUT2D eigenvalue weighted by Crippen LogP contribution is 2.33. The van der Waals surface area contributed by atoms with E-state index in [1.54, 1.807) is 23.6 Å². The Labute approximate surface area is 147 Å². The molecule has 124 valence electrons. The summed E-state index contributed by atoms with van der Waals surface area (Å²) in [6.07, 6.45) is 1.70. The molecule has 0 amide bonds. The molecule has 2 N–H and O–H groups in total. The van der Waals surface area contributed by atoms with Crippen molar-refractivity contribution in [1.82, 2.24) is 9.97 Å². The van der Waals surface area contributed by atoms with Gasteiger partial charge in [0.05, 0.1) is 15.8 Å². The van der Waals surface area contributed by atoms with Crippen LogP contribution in [0.1, 0.15) is 5.56 Å². The number of halogens is 1. The van der Waals surface area contributed by atoms with Gasteiger partial charge in [0.15, 0.2) is 0 Å². The van der Waals surface area contributed by atoms with E-state index in [0.29, 0.717) is 17.9 Å². The van der Waals surface area contributed by atoms with Crippen molar-refractivity contribution in [3.05, 3.63) is 72.2 Å². The summed E-state index contributed by atoms with van der Waals surface area (Å²) in [6.45, 7) is 0.334. The number of para-hydroxylation sites is 1. The number of rotatable bonds is 4. The molecule has 0 aliphatic rings. The van der Waals surface area contributed by atoms with Crippen molar-refractivity contribution in [2.45, 2.75) is 6.54 Å². The fourth-order valence-corrected chi connectivity index (χ4v) is 3.56. The quantitative estimate of drug-likeness (QED) is 0.554. The number of nitrogens with zero attached hydrogens (tertiary/aromatic N) is 2. The van der Waals surface area contributed by atoms with Crippen molar-refractivity contribution in [3.8, 4) is 16.3 Å². The van der Waals surface area contributed by atoms with Crippen LogP contribution in [-0.4, -0.2) is 15.1 Å². The summed E-state index contributed by atoms with van der Waals surface area (Å²) < 4.78 is 14.2. The summed E-state index contributed by atoms with van der Waals surface area (Å²) in [7, 11) is 0. The standard InChI is InChI=1S/C19H14FN3OS/c20-13-8-7-12(16(24)10-13)11-22-18-14(4-3-9-21-18)19-23-15-5-1-2-6-17(15)25-19/h1-10,24H,11H2,(H,21,22). The van der Waals surface area contributed by atoms with Crippen molar-refractivity contribution in [2.24, 2.45) is 0 Å². The van der Waals surface area contributed by atoms with E-state index < -0.39 is 5.82 Å². The van der Waals surface area contributed by atoms with E-state index in [4.69, 9.17) is 0 Å². The Kier molecular flexibility index (Phi) is 4.03. The smallest absolute Gasteiger partial charge is 0.136 e. The molecule has 0 saturated heterocycles. The number of pyridine rings is 1. The van der Waals surface area contributed by atoms with Crippen molar-refractivity contribution < 1.29 is 9.50 Å². The Balaban J connectivity index is 1.64. The molecule has 0 spiro atoms. The second kappa shape index (κ2) is 6.49. The molecule has 0 aliphatic carbocycles. The van der Waals surface area contributed by atoms with Crippen LogP contribution in [0, 0.1) is 5.82 Å². The molecule has 4 rings (SSSR count). The largest absolute Gasteiger partial charge is 0.507 e. The van der Waals surface area contributed by atoms with Gasteiger partial charge in [-0.05, 0) is 30.3 Å². The van der Waals surface area contributed by atoms with Crippen LogP contribution in [0.2, 0.25) is 0 Å². The third-order valence-corrected chi connectivity index (χ3v) is 4.90. The minimum atomic E-state index is -0.464. The molecular weight excluding hydrogens is 337 g/mol. The summed E-state index contributed by atoms with van der Waals surface area (Å²) >= 11 is 1.60. The van der Waals surface area contributed by atoms with Gasteiger partial charge in [-0.2, -0.15) is 0 Å². The monoisotopic (exact) mass is 351 g/mol. The first-order valence-corrected chi connectivity index (χ1v) is 8.54. The predicted octanol–water partition coefficient (Wildman–Crippen LogP) is 4.82. The van der Waals surface area contributed by atoms with Gasteiger partial charge < -0.3 is 10.4 Å². The van der Waals surface area contributed by atoms with Crippen LogP contribution in [0.5, 0.6) is 5.75 Å². The molecule has 0 fully saturated rings.